The molecule has 1 aliphatic rings. The van der Waals surface area contributed by atoms with Crippen molar-refractivity contribution in [2.75, 3.05) is 53.6 Å². The lowest BCUT2D eigenvalue weighted by molar-refractivity contribution is -0.132. The van der Waals surface area contributed by atoms with Gasteiger partial charge >= 0.3 is 0 Å². The lowest BCUT2D eigenvalue weighted by Gasteiger charge is -2.33. The van der Waals surface area contributed by atoms with Crippen molar-refractivity contribution in [1.82, 2.24) is 15.1 Å². The number of aryl methyl sites for hydroxylation is 1. The van der Waals surface area contributed by atoms with Gasteiger partial charge in [0.05, 0.1) is 19.1 Å². The van der Waals surface area contributed by atoms with Crippen LogP contribution >= 0.6 is 0 Å². The number of carbonyl (C=O) groups excluding carboxylic acids is 2. The van der Waals surface area contributed by atoms with Crippen LogP contribution in [0.4, 0.5) is 0 Å². The summed E-state index contributed by atoms with van der Waals surface area (Å²) in [6.07, 6.45) is 0.00597. The van der Waals surface area contributed by atoms with Crippen LogP contribution in [-0.2, 0) is 9.53 Å². The number of carbonyl (C=O) groups is 2. The van der Waals surface area contributed by atoms with E-state index in [0.717, 1.165) is 36.4 Å². The zero-order valence-corrected chi connectivity index (χ0v) is 24.1. The number of benzene rings is 2. The molecule has 1 aliphatic heterocycles. The highest BCUT2D eigenvalue weighted by Gasteiger charge is 2.33. The molecular weight excluding hydrogens is 494 g/mol. The van der Waals surface area contributed by atoms with Crippen molar-refractivity contribution in [3.63, 3.8) is 0 Å². The van der Waals surface area contributed by atoms with Gasteiger partial charge in [0.1, 0.15) is 5.75 Å². The second-order valence-corrected chi connectivity index (χ2v) is 10.8. The molecule has 0 bridgehead atoms. The molecule has 8 nitrogen and oxygen atoms in total. The summed E-state index contributed by atoms with van der Waals surface area (Å²) in [6.45, 7) is 9.95. The second-order valence-electron chi connectivity index (χ2n) is 10.8. The second kappa shape index (κ2) is 15.0. The van der Waals surface area contributed by atoms with Gasteiger partial charge in [-0.15, -0.1) is 0 Å². The molecule has 39 heavy (non-hydrogen) atoms. The zero-order valence-electron chi connectivity index (χ0n) is 24.1. The first-order valence-corrected chi connectivity index (χ1v) is 13.9. The van der Waals surface area contributed by atoms with Crippen LogP contribution in [0.5, 0.6) is 5.75 Å². The summed E-state index contributed by atoms with van der Waals surface area (Å²) in [7, 11) is 3.46. The Bertz CT molecular complexity index is 1060. The molecule has 0 radical (unpaired) electrons. The molecule has 214 valence electrons. The molecule has 0 unspecified atom stereocenters. The van der Waals surface area contributed by atoms with Crippen LogP contribution in [-0.4, -0.2) is 86.3 Å². The third-order valence-electron chi connectivity index (χ3n) is 7.47. The van der Waals surface area contributed by atoms with Crippen molar-refractivity contribution < 1.29 is 24.2 Å². The Balaban J connectivity index is 1.62. The van der Waals surface area contributed by atoms with Crippen LogP contribution in [0.1, 0.15) is 54.3 Å². The summed E-state index contributed by atoms with van der Waals surface area (Å²) < 4.78 is 11.0. The summed E-state index contributed by atoms with van der Waals surface area (Å²) in [5.74, 6) is 1.03. The predicted octanol–water partition coefficient (Wildman–Crippen LogP) is 3.68. The highest BCUT2D eigenvalue weighted by atomic mass is 16.5. The van der Waals surface area contributed by atoms with Crippen LogP contribution < -0.4 is 10.1 Å². The highest BCUT2D eigenvalue weighted by Crippen LogP contribution is 2.25. The third-order valence-corrected chi connectivity index (χ3v) is 7.47. The molecule has 0 saturated carbocycles. The molecule has 1 saturated heterocycles. The van der Waals surface area contributed by atoms with Gasteiger partial charge in [0.15, 0.2) is 0 Å². The van der Waals surface area contributed by atoms with Gasteiger partial charge in [0, 0.05) is 65.0 Å². The van der Waals surface area contributed by atoms with Crippen LogP contribution in [0.2, 0.25) is 0 Å². The number of hydrogen-bond donors (Lipinski definition) is 2. The van der Waals surface area contributed by atoms with Crippen molar-refractivity contribution in [1.29, 1.82) is 0 Å². The van der Waals surface area contributed by atoms with Gasteiger partial charge in [-0.3, -0.25) is 9.59 Å². The number of rotatable bonds is 14. The number of aliphatic hydroxyl groups excluding tert-OH is 1. The largest absolute Gasteiger partial charge is 0.493 e. The van der Waals surface area contributed by atoms with E-state index in [4.69, 9.17) is 9.47 Å². The SMILES string of the molecule is COCCCOc1cc(C(=O)N(C[C@@H]2CNC[C@H]2CN(C)C(=O)C[C@H](O)c2ccccc2)C(C)C)ccc1C. The maximum Gasteiger partial charge on any atom is 0.254 e. The molecule has 2 N–H and O–H groups in total. The van der Waals surface area contributed by atoms with E-state index in [1.54, 1.807) is 19.1 Å². The number of nitrogens with zero attached hydrogens (tertiary/aromatic N) is 2. The summed E-state index contributed by atoms with van der Waals surface area (Å²) in [6, 6.07) is 14.9. The summed E-state index contributed by atoms with van der Waals surface area (Å²) >= 11 is 0. The highest BCUT2D eigenvalue weighted by molar-refractivity contribution is 5.95. The van der Waals surface area contributed by atoms with E-state index < -0.39 is 6.10 Å². The van der Waals surface area contributed by atoms with Crippen LogP contribution in [0.3, 0.4) is 0 Å². The Morgan fingerprint density at radius 2 is 1.74 bits per heavy atom. The Kier molecular flexibility index (Phi) is 11.8. The number of ether oxygens (including phenoxy) is 2. The first-order valence-electron chi connectivity index (χ1n) is 13.9. The fourth-order valence-corrected chi connectivity index (χ4v) is 5.00. The van der Waals surface area contributed by atoms with Crippen LogP contribution in [0, 0.1) is 18.8 Å². The zero-order chi connectivity index (χ0) is 28.4. The van der Waals surface area contributed by atoms with Crippen molar-refractivity contribution in [2.24, 2.45) is 11.8 Å². The van der Waals surface area contributed by atoms with Crippen molar-refractivity contribution >= 4 is 11.8 Å². The van der Waals surface area contributed by atoms with Crippen molar-refractivity contribution in [3.8, 4) is 5.75 Å². The fourth-order valence-electron chi connectivity index (χ4n) is 5.00. The lowest BCUT2D eigenvalue weighted by Crippen LogP contribution is -2.44. The Hall–Kier alpha value is -2.94. The van der Waals surface area contributed by atoms with E-state index in [9.17, 15) is 14.7 Å². The van der Waals surface area contributed by atoms with E-state index in [2.05, 4.69) is 5.32 Å². The average molecular weight is 540 g/mol. The molecule has 0 aromatic heterocycles. The number of aliphatic hydroxyl groups is 1. The van der Waals surface area contributed by atoms with Gasteiger partial charge in [-0.25, -0.2) is 0 Å². The molecule has 3 rings (SSSR count). The third kappa shape index (κ3) is 8.78. The van der Waals surface area contributed by atoms with E-state index in [0.29, 0.717) is 31.9 Å². The van der Waals surface area contributed by atoms with Gasteiger partial charge in [-0.2, -0.15) is 0 Å². The molecule has 2 amide bonds. The Morgan fingerprint density at radius 1 is 1.05 bits per heavy atom. The van der Waals surface area contributed by atoms with Crippen molar-refractivity contribution in [3.05, 3.63) is 65.2 Å². The molecule has 1 heterocycles. The summed E-state index contributed by atoms with van der Waals surface area (Å²) in [5.41, 5.74) is 2.34. The summed E-state index contributed by atoms with van der Waals surface area (Å²) in [4.78, 5) is 30.2. The maximum absolute atomic E-state index is 13.6. The average Bonchev–Trinajstić information content (AvgIpc) is 3.36. The minimum atomic E-state index is -0.823. The van der Waals surface area contributed by atoms with E-state index >= 15 is 0 Å². The Labute approximate surface area is 233 Å². The number of hydrogen-bond acceptors (Lipinski definition) is 6. The Morgan fingerprint density at radius 3 is 2.41 bits per heavy atom. The standard InChI is InChI=1S/C31H45N3O5/c1-22(2)34(31(37)25-13-12-23(3)29(16-25)39-15-9-14-38-5)21-27-19-32-18-26(27)20-33(4)30(36)17-28(35)24-10-7-6-8-11-24/h6-8,10-13,16,22,26-28,32,35H,9,14-15,17-21H2,1-5H3/t26-,27-,28-/m0/s1. The number of amides is 2. The molecule has 1 fully saturated rings. The van der Waals surface area contributed by atoms with Crippen molar-refractivity contribution in [2.45, 2.75) is 45.8 Å². The molecule has 0 spiro atoms. The van der Waals surface area contributed by atoms with Gasteiger partial charge in [0.2, 0.25) is 5.91 Å². The first kappa shape index (κ1) is 30.6. The smallest absolute Gasteiger partial charge is 0.254 e. The molecule has 8 heteroatoms. The minimum Gasteiger partial charge on any atom is -0.493 e. The first-order chi connectivity index (χ1) is 18.7. The van der Waals surface area contributed by atoms with Crippen LogP contribution in [0.25, 0.3) is 0 Å². The quantitative estimate of drug-likeness (QED) is 0.356. The molecule has 2 aromatic carbocycles. The number of nitrogens with one attached hydrogen (secondary N) is 1. The molecule has 2 aromatic rings. The molecular formula is C31H45N3O5. The minimum absolute atomic E-state index is 0.0199. The van der Waals surface area contributed by atoms with E-state index in [1.807, 2.05) is 74.2 Å². The van der Waals surface area contributed by atoms with Gasteiger partial charge in [-0.1, -0.05) is 36.4 Å². The maximum atomic E-state index is 13.6. The fraction of sp³-hybridized carbons (Fsp3) is 0.548. The summed E-state index contributed by atoms with van der Waals surface area (Å²) in [5, 5.41) is 13.9. The normalized spacial score (nSPS) is 17.7. The predicted molar refractivity (Wildman–Crippen MR) is 153 cm³/mol. The molecule has 3 atom stereocenters. The lowest BCUT2D eigenvalue weighted by atomic mass is 9.93. The monoisotopic (exact) mass is 539 g/mol. The topological polar surface area (TPSA) is 91.3 Å². The van der Waals surface area contributed by atoms with Crippen LogP contribution in [0.15, 0.2) is 48.5 Å². The molecule has 0 aliphatic carbocycles. The van der Waals surface area contributed by atoms with Gasteiger partial charge in [0.25, 0.3) is 5.91 Å². The number of methoxy groups -OCH3 is 1. The van der Waals surface area contributed by atoms with E-state index in [-0.39, 0.29) is 36.1 Å². The van der Waals surface area contributed by atoms with E-state index in [1.165, 1.54) is 0 Å². The van der Waals surface area contributed by atoms with Gasteiger partial charge in [-0.05, 0) is 55.9 Å². The van der Waals surface area contributed by atoms with Gasteiger partial charge < -0.3 is 29.7 Å².